The molecule has 1 aliphatic rings. The molecule has 1 fully saturated rings. The van der Waals surface area contributed by atoms with Crippen LogP contribution in [0, 0.1) is 0 Å². The molecule has 1 aliphatic heterocycles. The van der Waals surface area contributed by atoms with Gasteiger partial charge in [-0.15, -0.1) is 0 Å². The van der Waals surface area contributed by atoms with Crippen LogP contribution in [0.3, 0.4) is 0 Å². The maximum atomic E-state index is 11.3. The summed E-state index contributed by atoms with van der Waals surface area (Å²) >= 11 is 0. The van der Waals surface area contributed by atoms with Crippen molar-refractivity contribution in [1.29, 1.82) is 0 Å². The summed E-state index contributed by atoms with van der Waals surface area (Å²) in [5, 5.41) is 27.6. The third-order valence-electron chi connectivity index (χ3n) is 4.51. The number of carboxylic acids is 3. The van der Waals surface area contributed by atoms with Crippen molar-refractivity contribution in [3.8, 4) is 0 Å². The first-order valence-corrected chi connectivity index (χ1v) is 8.27. The number of hydrogen-bond donors (Lipinski definition) is 4. The standard InChI is InChI=1S/C15H28N4O6/c1-2-17-5-6-18(7-12(20)21)11-15(10-17,3-4-16)19(8-13(22)23)9-14(24)25/h2-11,16H2,1H3,(H,20,21)(H,22,23)(H,24,25). The van der Waals surface area contributed by atoms with Crippen LogP contribution in [-0.4, -0.2) is 112 Å². The number of nitrogens with zero attached hydrogens (tertiary/aromatic N) is 3. The van der Waals surface area contributed by atoms with Crippen molar-refractivity contribution < 1.29 is 29.7 Å². The molecular formula is C15H28N4O6. The van der Waals surface area contributed by atoms with Crippen LogP contribution in [0.5, 0.6) is 0 Å². The Balaban J connectivity index is 3.24. The summed E-state index contributed by atoms with van der Waals surface area (Å²) in [5.74, 6) is -3.24. The van der Waals surface area contributed by atoms with E-state index >= 15 is 0 Å². The molecule has 0 radical (unpaired) electrons. The molecule has 1 atom stereocenters. The molecule has 1 heterocycles. The Morgan fingerprint density at radius 3 is 1.96 bits per heavy atom. The predicted octanol–water partition coefficient (Wildman–Crippen LogP) is -1.73. The predicted molar refractivity (Wildman–Crippen MR) is 89.4 cm³/mol. The van der Waals surface area contributed by atoms with Crippen LogP contribution in [-0.2, 0) is 14.4 Å². The maximum Gasteiger partial charge on any atom is 0.317 e. The first kappa shape index (κ1) is 21.3. The van der Waals surface area contributed by atoms with Gasteiger partial charge in [-0.05, 0) is 19.5 Å². The Morgan fingerprint density at radius 1 is 1.00 bits per heavy atom. The van der Waals surface area contributed by atoms with E-state index in [1.807, 2.05) is 6.92 Å². The van der Waals surface area contributed by atoms with Gasteiger partial charge < -0.3 is 26.0 Å². The fourth-order valence-corrected chi connectivity index (χ4v) is 3.42. The SMILES string of the molecule is CCN1CCN(CC(=O)O)CC(CCN)(N(CC(=O)O)CC(=O)O)C1. The second kappa shape index (κ2) is 9.66. The van der Waals surface area contributed by atoms with Crippen LogP contribution in [0.15, 0.2) is 0 Å². The lowest BCUT2D eigenvalue weighted by Gasteiger charge is -2.45. The van der Waals surface area contributed by atoms with Crippen molar-refractivity contribution in [2.24, 2.45) is 5.73 Å². The maximum absolute atomic E-state index is 11.3. The minimum atomic E-state index is -1.13. The summed E-state index contributed by atoms with van der Waals surface area (Å²) in [6.07, 6.45) is 0.375. The van der Waals surface area contributed by atoms with Crippen LogP contribution in [0.1, 0.15) is 13.3 Å². The molecule has 5 N–H and O–H groups in total. The van der Waals surface area contributed by atoms with Gasteiger partial charge in [0.25, 0.3) is 0 Å². The van der Waals surface area contributed by atoms with E-state index in [-0.39, 0.29) is 19.6 Å². The number of nitrogens with two attached hydrogens (primary N) is 1. The number of carbonyl (C=O) groups is 3. The normalized spacial score (nSPS) is 22.7. The van der Waals surface area contributed by atoms with E-state index in [0.717, 1.165) is 0 Å². The zero-order chi connectivity index (χ0) is 19.0. The van der Waals surface area contributed by atoms with E-state index in [1.54, 1.807) is 4.90 Å². The molecule has 0 aromatic heterocycles. The molecule has 1 unspecified atom stereocenters. The zero-order valence-corrected chi connectivity index (χ0v) is 14.6. The minimum absolute atomic E-state index is 0.183. The third-order valence-corrected chi connectivity index (χ3v) is 4.51. The largest absolute Gasteiger partial charge is 0.480 e. The fourth-order valence-electron chi connectivity index (χ4n) is 3.42. The van der Waals surface area contributed by atoms with Gasteiger partial charge in [-0.1, -0.05) is 6.92 Å². The topological polar surface area (TPSA) is 148 Å². The average molecular weight is 360 g/mol. The molecule has 0 aromatic rings. The molecule has 10 heteroatoms. The molecule has 0 aromatic carbocycles. The first-order chi connectivity index (χ1) is 11.7. The lowest BCUT2D eigenvalue weighted by molar-refractivity contribution is -0.147. The molecule has 144 valence electrons. The number of aliphatic carboxylic acids is 3. The van der Waals surface area contributed by atoms with E-state index in [1.165, 1.54) is 4.90 Å². The van der Waals surface area contributed by atoms with Crippen LogP contribution >= 0.6 is 0 Å². The van der Waals surface area contributed by atoms with Gasteiger partial charge in [0.15, 0.2) is 0 Å². The Bertz CT molecular complexity index is 473. The summed E-state index contributed by atoms with van der Waals surface area (Å²) in [7, 11) is 0. The second-order valence-corrected chi connectivity index (χ2v) is 6.38. The lowest BCUT2D eigenvalue weighted by Crippen LogP contribution is -2.62. The van der Waals surface area contributed by atoms with Gasteiger partial charge in [0.05, 0.1) is 19.6 Å². The van der Waals surface area contributed by atoms with Crippen molar-refractivity contribution in [2.45, 2.75) is 18.9 Å². The van der Waals surface area contributed by atoms with Gasteiger partial charge in [0.2, 0.25) is 0 Å². The molecule has 10 nitrogen and oxygen atoms in total. The van der Waals surface area contributed by atoms with Crippen LogP contribution in [0.25, 0.3) is 0 Å². The van der Waals surface area contributed by atoms with Crippen LogP contribution < -0.4 is 5.73 Å². The summed E-state index contributed by atoms with van der Waals surface area (Å²) in [4.78, 5) is 38.9. The number of hydrogen-bond acceptors (Lipinski definition) is 7. The molecule has 0 saturated carbocycles. The van der Waals surface area contributed by atoms with Gasteiger partial charge in [0, 0.05) is 31.7 Å². The Labute approximate surface area is 146 Å². The molecular weight excluding hydrogens is 332 g/mol. The average Bonchev–Trinajstić information content (AvgIpc) is 2.65. The molecule has 0 amide bonds. The highest BCUT2D eigenvalue weighted by atomic mass is 16.4. The Hall–Kier alpha value is -1.75. The summed E-state index contributed by atoms with van der Waals surface area (Å²) in [6, 6.07) is 0. The second-order valence-electron chi connectivity index (χ2n) is 6.38. The van der Waals surface area contributed by atoms with E-state index in [0.29, 0.717) is 32.6 Å². The first-order valence-electron chi connectivity index (χ1n) is 8.27. The Kier molecular flexibility index (Phi) is 8.23. The molecule has 1 rings (SSSR count). The number of likely N-dealkylation sites (N-methyl/N-ethyl adjacent to an activating group) is 1. The fraction of sp³-hybridized carbons (Fsp3) is 0.800. The van der Waals surface area contributed by atoms with Gasteiger partial charge in [-0.25, -0.2) is 0 Å². The number of carboxylic acid groups (broad SMARTS) is 3. The Morgan fingerprint density at radius 2 is 1.52 bits per heavy atom. The smallest absolute Gasteiger partial charge is 0.317 e. The molecule has 1 saturated heterocycles. The molecule has 25 heavy (non-hydrogen) atoms. The highest BCUT2D eigenvalue weighted by molar-refractivity contribution is 5.73. The van der Waals surface area contributed by atoms with E-state index in [2.05, 4.69) is 4.90 Å². The molecule has 0 spiro atoms. The van der Waals surface area contributed by atoms with Gasteiger partial charge in [0.1, 0.15) is 0 Å². The number of rotatable bonds is 10. The zero-order valence-electron chi connectivity index (χ0n) is 14.6. The van der Waals surface area contributed by atoms with Crippen molar-refractivity contribution in [2.75, 3.05) is 58.9 Å². The lowest BCUT2D eigenvalue weighted by atomic mass is 9.91. The van der Waals surface area contributed by atoms with Crippen molar-refractivity contribution in [1.82, 2.24) is 14.7 Å². The van der Waals surface area contributed by atoms with Gasteiger partial charge in [-0.2, -0.15) is 0 Å². The van der Waals surface area contributed by atoms with Crippen molar-refractivity contribution in [3.05, 3.63) is 0 Å². The van der Waals surface area contributed by atoms with Gasteiger partial charge in [-0.3, -0.25) is 24.2 Å². The molecule has 0 bridgehead atoms. The highest BCUT2D eigenvalue weighted by Gasteiger charge is 2.42. The van der Waals surface area contributed by atoms with E-state index in [4.69, 9.17) is 10.8 Å². The van der Waals surface area contributed by atoms with Crippen LogP contribution in [0.2, 0.25) is 0 Å². The van der Waals surface area contributed by atoms with E-state index < -0.39 is 36.5 Å². The summed E-state index contributed by atoms with van der Waals surface area (Å²) in [6.45, 7) is 3.68. The van der Waals surface area contributed by atoms with E-state index in [9.17, 15) is 24.6 Å². The highest BCUT2D eigenvalue weighted by Crippen LogP contribution is 2.25. The quantitative estimate of drug-likeness (QED) is 0.354. The molecule has 0 aliphatic carbocycles. The summed E-state index contributed by atoms with van der Waals surface area (Å²) < 4.78 is 0. The minimum Gasteiger partial charge on any atom is -0.480 e. The third kappa shape index (κ3) is 6.58. The van der Waals surface area contributed by atoms with Crippen molar-refractivity contribution >= 4 is 17.9 Å². The monoisotopic (exact) mass is 360 g/mol. The summed E-state index contributed by atoms with van der Waals surface area (Å²) in [5.41, 5.74) is 4.91. The van der Waals surface area contributed by atoms with Crippen LogP contribution in [0.4, 0.5) is 0 Å². The van der Waals surface area contributed by atoms with Gasteiger partial charge >= 0.3 is 17.9 Å². The van der Waals surface area contributed by atoms with Crippen molar-refractivity contribution in [3.63, 3.8) is 0 Å².